The van der Waals surface area contributed by atoms with Crippen LogP contribution >= 0.6 is 11.8 Å². The average Bonchev–Trinajstić information content (AvgIpc) is 2.46. The van der Waals surface area contributed by atoms with Gasteiger partial charge in [-0.15, -0.1) is 0 Å². The molecule has 1 heterocycles. The zero-order chi connectivity index (χ0) is 14.2. The van der Waals surface area contributed by atoms with Gasteiger partial charge < -0.3 is 0 Å². The molecule has 0 fully saturated rings. The number of hydrogen-bond acceptors (Lipinski definition) is 5. The van der Waals surface area contributed by atoms with Crippen LogP contribution in [-0.4, -0.2) is 27.8 Å². The fourth-order valence-corrected chi connectivity index (χ4v) is 2.05. The second-order valence-electron chi connectivity index (χ2n) is 4.03. The Morgan fingerprint density at radius 2 is 2.15 bits per heavy atom. The van der Waals surface area contributed by atoms with Crippen LogP contribution in [0.4, 0.5) is 0 Å². The van der Waals surface area contributed by atoms with Gasteiger partial charge in [-0.25, -0.2) is 15.4 Å². The summed E-state index contributed by atoms with van der Waals surface area (Å²) in [5.41, 5.74) is 4.57. The fourth-order valence-electron chi connectivity index (χ4n) is 1.45. The standard InChI is InChI=1S/C14H14N4OS/c1-11-4-2-5-12(8-11)9-17-18-13(19)10-20-14-15-6-3-7-16-14/h2-9H,10H2,1H3,(H,18,19)/b17-9-. The Morgan fingerprint density at radius 3 is 2.90 bits per heavy atom. The van der Waals surface area contributed by atoms with Gasteiger partial charge in [-0.2, -0.15) is 5.10 Å². The lowest BCUT2D eigenvalue weighted by Crippen LogP contribution is -2.19. The zero-order valence-electron chi connectivity index (χ0n) is 11.0. The second-order valence-corrected chi connectivity index (χ2v) is 4.97. The number of rotatable bonds is 5. The first-order valence-electron chi connectivity index (χ1n) is 6.02. The minimum absolute atomic E-state index is 0.189. The molecule has 1 aromatic heterocycles. The smallest absolute Gasteiger partial charge is 0.250 e. The van der Waals surface area contributed by atoms with Crippen molar-refractivity contribution in [3.8, 4) is 0 Å². The lowest BCUT2D eigenvalue weighted by Gasteiger charge is -1.99. The molecule has 102 valence electrons. The summed E-state index contributed by atoms with van der Waals surface area (Å²) in [6, 6.07) is 9.60. The van der Waals surface area contributed by atoms with E-state index in [9.17, 15) is 4.79 Å². The fraction of sp³-hybridized carbons (Fsp3) is 0.143. The van der Waals surface area contributed by atoms with Crippen molar-refractivity contribution in [3.63, 3.8) is 0 Å². The van der Waals surface area contributed by atoms with Crippen LogP contribution in [-0.2, 0) is 4.79 Å². The highest BCUT2D eigenvalue weighted by Gasteiger charge is 2.02. The molecule has 1 aromatic carbocycles. The van der Waals surface area contributed by atoms with Crippen molar-refractivity contribution in [2.75, 3.05) is 5.75 Å². The summed E-state index contributed by atoms with van der Waals surface area (Å²) >= 11 is 1.27. The van der Waals surface area contributed by atoms with Crippen LogP contribution in [0.2, 0.25) is 0 Å². The van der Waals surface area contributed by atoms with Crippen LogP contribution in [0, 0.1) is 6.92 Å². The van der Waals surface area contributed by atoms with Crippen LogP contribution in [0.3, 0.4) is 0 Å². The molecule has 1 N–H and O–H groups in total. The first-order chi connectivity index (χ1) is 9.74. The van der Waals surface area contributed by atoms with Crippen molar-refractivity contribution in [2.24, 2.45) is 5.10 Å². The van der Waals surface area contributed by atoms with Crippen molar-refractivity contribution < 1.29 is 4.79 Å². The molecule has 6 heteroatoms. The molecule has 0 spiro atoms. The van der Waals surface area contributed by atoms with E-state index in [1.165, 1.54) is 11.8 Å². The molecule has 0 saturated carbocycles. The predicted octanol–water partition coefficient (Wildman–Crippen LogP) is 2.03. The van der Waals surface area contributed by atoms with Gasteiger partial charge >= 0.3 is 0 Å². The molecule has 2 rings (SSSR count). The van der Waals surface area contributed by atoms with Crippen molar-refractivity contribution in [2.45, 2.75) is 12.1 Å². The van der Waals surface area contributed by atoms with Gasteiger partial charge in [0.25, 0.3) is 5.91 Å². The van der Waals surface area contributed by atoms with Crippen LogP contribution in [0.25, 0.3) is 0 Å². The largest absolute Gasteiger partial charge is 0.272 e. The molecule has 0 radical (unpaired) electrons. The Bertz CT molecular complexity index is 601. The molecule has 0 bridgehead atoms. The zero-order valence-corrected chi connectivity index (χ0v) is 11.8. The number of carbonyl (C=O) groups is 1. The maximum atomic E-state index is 11.6. The molecule has 0 saturated heterocycles. The molecule has 0 atom stereocenters. The third-order valence-electron chi connectivity index (χ3n) is 2.32. The van der Waals surface area contributed by atoms with E-state index in [-0.39, 0.29) is 11.7 Å². The normalized spacial score (nSPS) is 10.7. The van der Waals surface area contributed by atoms with E-state index in [2.05, 4.69) is 20.5 Å². The van der Waals surface area contributed by atoms with E-state index >= 15 is 0 Å². The Balaban J connectivity index is 1.78. The molecule has 0 aliphatic carbocycles. The van der Waals surface area contributed by atoms with Crippen LogP contribution in [0.1, 0.15) is 11.1 Å². The van der Waals surface area contributed by atoms with Crippen molar-refractivity contribution in [1.82, 2.24) is 15.4 Å². The number of amides is 1. The lowest BCUT2D eigenvalue weighted by atomic mass is 10.2. The molecular formula is C14H14N4OS. The monoisotopic (exact) mass is 286 g/mol. The van der Waals surface area contributed by atoms with Crippen molar-refractivity contribution in [1.29, 1.82) is 0 Å². The third kappa shape index (κ3) is 4.81. The topological polar surface area (TPSA) is 67.2 Å². The van der Waals surface area contributed by atoms with Crippen LogP contribution in [0.15, 0.2) is 53.0 Å². The number of nitrogens with zero attached hydrogens (tertiary/aromatic N) is 3. The Hall–Kier alpha value is -2.21. The molecule has 20 heavy (non-hydrogen) atoms. The van der Waals surface area contributed by atoms with Crippen molar-refractivity contribution in [3.05, 3.63) is 53.9 Å². The van der Waals surface area contributed by atoms with Crippen LogP contribution < -0.4 is 5.43 Å². The maximum absolute atomic E-state index is 11.6. The molecular weight excluding hydrogens is 272 g/mol. The summed E-state index contributed by atoms with van der Waals surface area (Å²) < 4.78 is 0. The molecule has 1 amide bonds. The highest BCUT2D eigenvalue weighted by atomic mass is 32.2. The van der Waals surface area contributed by atoms with E-state index in [1.807, 2.05) is 31.2 Å². The minimum atomic E-state index is -0.189. The van der Waals surface area contributed by atoms with Gasteiger partial charge in [0.15, 0.2) is 5.16 Å². The maximum Gasteiger partial charge on any atom is 0.250 e. The number of nitrogens with one attached hydrogen (secondary N) is 1. The summed E-state index contributed by atoms with van der Waals surface area (Å²) in [6.45, 7) is 2.01. The number of hydrogen-bond donors (Lipinski definition) is 1. The van der Waals surface area contributed by atoms with E-state index in [4.69, 9.17) is 0 Å². The van der Waals surface area contributed by atoms with Gasteiger partial charge in [0.1, 0.15) is 0 Å². The van der Waals surface area contributed by atoms with Crippen molar-refractivity contribution >= 4 is 23.9 Å². The first-order valence-corrected chi connectivity index (χ1v) is 7.01. The molecule has 0 aliphatic rings. The van der Waals surface area contributed by atoms with Crippen LogP contribution in [0.5, 0.6) is 0 Å². The summed E-state index contributed by atoms with van der Waals surface area (Å²) in [4.78, 5) is 19.6. The number of benzene rings is 1. The quantitative estimate of drug-likeness (QED) is 0.395. The average molecular weight is 286 g/mol. The Labute approximate surface area is 121 Å². The molecule has 0 unspecified atom stereocenters. The summed E-state index contributed by atoms with van der Waals surface area (Å²) in [7, 11) is 0. The van der Waals surface area contributed by atoms with E-state index in [1.54, 1.807) is 24.7 Å². The van der Waals surface area contributed by atoms with E-state index in [0.717, 1.165) is 11.1 Å². The first kappa shape index (κ1) is 14.2. The van der Waals surface area contributed by atoms with E-state index in [0.29, 0.717) is 5.16 Å². The van der Waals surface area contributed by atoms with Gasteiger partial charge in [-0.05, 0) is 18.6 Å². The Morgan fingerprint density at radius 1 is 1.35 bits per heavy atom. The van der Waals surface area contributed by atoms with Gasteiger partial charge in [0, 0.05) is 12.4 Å². The highest BCUT2D eigenvalue weighted by Crippen LogP contribution is 2.09. The number of hydrazone groups is 1. The van der Waals surface area contributed by atoms with Gasteiger partial charge in [0.05, 0.1) is 12.0 Å². The number of carbonyl (C=O) groups excluding carboxylic acids is 1. The second kappa shape index (κ2) is 7.40. The minimum Gasteiger partial charge on any atom is -0.272 e. The molecule has 2 aromatic rings. The third-order valence-corrected chi connectivity index (χ3v) is 3.19. The van der Waals surface area contributed by atoms with Gasteiger partial charge in [-0.3, -0.25) is 4.79 Å². The SMILES string of the molecule is Cc1cccc(/C=N\NC(=O)CSc2ncccn2)c1. The number of thioether (sulfide) groups is 1. The highest BCUT2D eigenvalue weighted by molar-refractivity contribution is 7.99. The molecule has 5 nitrogen and oxygen atoms in total. The van der Waals surface area contributed by atoms with Gasteiger partial charge in [-0.1, -0.05) is 41.6 Å². The number of aryl methyl sites for hydroxylation is 1. The summed E-state index contributed by atoms with van der Waals surface area (Å²) in [6.07, 6.45) is 4.90. The molecule has 0 aliphatic heterocycles. The predicted molar refractivity (Wildman–Crippen MR) is 79.7 cm³/mol. The summed E-state index contributed by atoms with van der Waals surface area (Å²) in [5, 5.41) is 4.49. The lowest BCUT2D eigenvalue weighted by molar-refractivity contribution is -0.118. The summed E-state index contributed by atoms with van der Waals surface area (Å²) in [5.74, 6) is 0.0428. The Kier molecular flexibility index (Phi) is 5.25. The number of aromatic nitrogens is 2. The van der Waals surface area contributed by atoms with Gasteiger partial charge in [0.2, 0.25) is 0 Å². The van der Waals surface area contributed by atoms with E-state index < -0.39 is 0 Å².